The van der Waals surface area contributed by atoms with Gasteiger partial charge in [-0.05, 0) is 48.2 Å². The lowest BCUT2D eigenvalue weighted by Crippen LogP contribution is -2.32. The van der Waals surface area contributed by atoms with Gasteiger partial charge in [0.2, 0.25) is 0 Å². The number of nitrogens with two attached hydrogens (primary N) is 2. The number of hydrogen-bond donors (Lipinski definition) is 6. The summed E-state index contributed by atoms with van der Waals surface area (Å²) in [5, 5.41) is 35.0. The van der Waals surface area contributed by atoms with Crippen LogP contribution in [0.1, 0.15) is 11.1 Å². The largest absolute Gasteiger partial charge is 0.508 e. The average molecular weight is 384 g/mol. The summed E-state index contributed by atoms with van der Waals surface area (Å²) >= 11 is 0. The zero-order chi connectivity index (χ0) is 19.7. The Morgan fingerprint density at radius 3 is 1.14 bits per heavy atom. The molecule has 0 aliphatic carbocycles. The van der Waals surface area contributed by atoms with Gasteiger partial charge >= 0.3 is 11.9 Å². The minimum Gasteiger partial charge on any atom is -0.508 e. The highest BCUT2D eigenvalue weighted by Crippen LogP contribution is 2.11. The van der Waals surface area contributed by atoms with Gasteiger partial charge in [0.1, 0.15) is 23.6 Å². The van der Waals surface area contributed by atoms with Crippen molar-refractivity contribution in [2.75, 3.05) is 0 Å². The van der Waals surface area contributed by atoms with E-state index in [0.29, 0.717) is 0 Å². The average Bonchev–Trinajstić information content (AvgIpc) is 2.59. The molecule has 6 radical (unpaired) electrons. The van der Waals surface area contributed by atoms with Crippen LogP contribution in [0.2, 0.25) is 0 Å². The van der Waals surface area contributed by atoms with Gasteiger partial charge in [-0.1, -0.05) is 24.3 Å². The number of aliphatic carboxylic acids is 2. The van der Waals surface area contributed by atoms with Gasteiger partial charge in [-0.3, -0.25) is 9.59 Å². The Morgan fingerprint density at radius 1 is 0.679 bits per heavy atom. The fourth-order valence-corrected chi connectivity index (χ4v) is 1.95. The molecular formula is C18H22B2N2O6. The van der Waals surface area contributed by atoms with Crippen LogP contribution < -0.4 is 11.5 Å². The minimum absolute atomic E-state index is 0. The molecule has 0 aromatic heterocycles. The Balaban J connectivity index is 0. The van der Waals surface area contributed by atoms with E-state index in [1.165, 1.54) is 24.3 Å². The third-order valence-electron chi connectivity index (χ3n) is 3.42. The molecule has 2 aromatic rings. The molecule has 0 aliphatic heterocycles. The molecule has 0 saturated heterocycles. The van der Waals surface area contributed by atoms with Gasteiger partial charge in [-0.25, -0.2) is 0 Å². The lowest BCUT2D eigenvalue weighted by atomic mass is 10.1. The van der Waals surface area contributed by atoms with Crippen LogP contribution in [-0.4, -0.2) is 61.3 Å². The first-order valence-electron chi connectivity index (χ1n) is 7.71. The Labute approximate surface area is 167 Å². The van der Waals surface area contributed by atoms with Gasteiger partial charge in [0.25, 0.3) is 0 Å². The summed E-state index contributed by atoms with van der Waals surface area (Å²) in [4.78, 5) is 20.8. The first-order valence-corrected chi connectivity index (χ1v) is 7.71. The molecule has 2 aromatic carbocycles. The van der Waals surface area contributed by atoms with Crippen molar-refractivity contribution in [1.82, 2.24) is 0 Å². The van der Waals surface area contributed by atoms with Crippen LogP contribution in [0.4, 0.5) is 0 Å². The van der Waals surface area contributed by atoms with E-state index in [2.05, 4.69) is 0 Å². The second-order valence-electron chi connectivity index (χ2n) is 5.63. The smallest absolute Gasteiger partial charge is 0.320 e. The second-order valence-corrected chi connectivity index (χ2v) is 5.63. The second kappa shape index (κ2) is 13.2. The van der Waals surface area contributed by atoms with Crippen LogP contribution >= 0.6 is 0 Å². The van der Waals surface area contributed by atoms with Crippen LogP contribution in [0.3, 0.4) is 0 Å². The lowest BCUT2D eigenvalue weighted by Gasteiger charge is -2.05. The van der Waals surface area contributed by atoms with Crippen molar-refractivity contribution in [3.05, 3.63) is 59.7 Å². The van der Waals surface area contributed by atoms with Crippen LogP contribution in [0.25, 0.3) is 0 Å². The summed E-state index contributed by atoms with van der Waals surface area (Å²) in [5.41, 5.74) is 12.2. The normalized spacial score (nSPS) is 11.5. The molecule has 10 heteroatoms. The molecule has 8 N–H and O–H groups in total. The number of phenolic OH excluding ortho intramolecular Hbond substituents is 2. The SMILES string of the molecule is N[C@@H](Cc1ccc(O)cc1)C(=O)O.N[C@@H](Cc1ccc(O)cc1)C(=O)O.[B].[B]. The van der Waals surface area contributed by atoms with Gasteiger partial charge in [0.05, 0.1) is 0 Å². The summed E-state index contributed by atoms with van der Waals surface area (Å²) < 4.78 is 0. The van der Waals surface area contributed by atoms with Gasteiger partial charge < -0.3 is 31.9 Å². The first kappa shape index (κ1) is 27.3. The molecule has 0 aliphatic rings. The van der Waals surface area contributed by atoms with Gasteiger partial charge in [0.15, 0.2) is 0 Å². The van der Waals surface area contributed by atoms with Gasteiger partial charge in [-0.2, -0.15) is 0 Å². The number of phenols is 2. The predicted octanol–water partition coefficient (Wildman–Crippen LogP) is -0.0684. The number of hydrogen-bond acceptors (Lipinski definition) is 6. The number of carboxylic acids is 2. The molecule has 0 spiro atoms. The number of aromatic hydroxyl groups is 2. The molecule has 0 amide bonds. The third kappa shape index (κ3) is 10.2. The van der Waals surface area contributed by atoms with Crippen molar-refractivity contribution < 1.29 is 30.0 Å². The molecule has 0 bridgehead atoms. The van der Waals surface area contributed by atoms with E-state index in [1.54, 1.807) is 24.3 Å². The number of benzene rings is 2. The van der Waals surface area contributed by atoms with Crippen LogP contribution in [0.5, 0.6) is 11.5 Å². The van der Waals surface area contributed by atoms with Gasteiger partial charge in [0, 0.05) is 16.8 Å². The molecule has 28 heavy (non-hydrogen) atoms. The standard InChI is InChI=1S/2C9H11NO3.2B/c2*10-8(9(12)13)5-6-1-3-7(11)4-2-6;;/h2*1-4,8,11H,5,10H2,(H,12,13);;/t2*8-;;/m00../s1. The Bertz CT molecular complexity index is 662. The van der Waals surface area contributed by atoms with E-state index in [0.717, 1.165) is 11.1 Å². The zero-order valence-corrected chi connectivity index (χ0v) is 15.1. The third-order valence-corrected chi connectivity index (χ3v) is 3.42. The topological polar surface area (TPSA) is 167 Å². The molecule has 0 fully saturated rings. The Morgan fingerprint density at radius 2 is 0.929 bits per heavy atom. The number of carboxylic acid groups (broad SMARTS) is 2. The molecule has 0 heterocycles. The minimum atomic E-state index is -1.02. The number of rotatable bonds is 6. The maximum atomic E-state index is 10.4. The monoisotopic (exact) mass is 384 g/mol. The maximum absolute atomic E-state index is 10.4. The fourth-order valence-electron chi connectivity index (χ4n) is 1.95. The summed E-state index contributed by atoms with van der Waals surface area (Å²) in [6.07, 6.45) is 0.547. The molecule has 0 saturated carbocycles. The van der Waals surface area contributed by atoms with Crippen molar-refractivity contribution in [2.24, 2.45) is 11.5 Å². The van der Waals surface area contributed by atoms with E-state index in [-0.39, 0.29) is 41.2 Å². The molecule has 2 rings (SSSR count). The van der Waals surface area contributed by atoms with E-state index in [9.17, 15) is 9.59 Å². The van der Waals surface area contributed by atoms with Crippen LogP contribution in [0.15, 0.2) is 48.5 Å². The van der Waals surface area contributed by atoms with Crippen molar-refractivity contribution >= 4 is 28.8 Å². The highest BCUT2D eigenvalue weighted by Gasteiger charge is 2.12. The van der Waals surface area contributed by atoms with Crippen molar-refractivity contribution in [2.45, 2.75) is 24.9 Å². The summed E-state index contributed by atoms with van der Waals surface area (Å²) in [5.74, 6) is -1.72. The molecule has 8 nitrogen and oxygen atoms in total. The van der Waals surface area contributed by atoms with E-state index < -0.39 is 24.0 Å². The van der Waals surface area contributed by atoms with Gasteiger partial charge in [-0.15, -0.1) is 0 Å². The Kier molecular flexibility index (Phi) is 12.9. The summed E-state index contributed by atoms with van der Waals surface area (Å²) in [6.45, 7) is 0. The van der Waals surface area contributed by atoms with Crippen LogP contribution in [-0.2, 0) is 22.4 Å². The van der Waals surface area contributed by atoms with Crippen molar-refractivity contribution in [3.63, 3.8) is 0 Å². The van der Waals surface area contributed by atoms with E-state index in [4.69, 9.17) is 31.9 Å². The fraction of sp³-hybridized carbons (Fsp3) is 0.222. The maximum Gasteiger partial charge on any atom is 0.320 e. The van der Waals surface area contributed by atoms with Crippen LogP contribution in [0, 0.1) is 0 Å². The van der Waals surface area contributed by atoms with Crippen molar-refractivity contribution in [3.8, 4) is 11.5 Å². The van der Waals surface area contributed by atoms with E-state index >= 15 is 0 Å². The predicted molar refractivity (Wildman–Crippen MR) is 106 cm³/mol. The summed E-state index contributed by atoms with van der Waals surface area (Å²) in [7, 11) is 0. The molecule has 2 atom stereocenters. The zero-order valence-electron chi connectivity index (χ0n) is 15.1. The molecule has 146 valence electrons. The Hall–Kier alpha value is -2.97. The summed E-state index contributed by atoms with van der Waals surface area (Å²) in [6, 6.07) is 10.8. The quantitative estimate of drug-likeness (QED) is 0.377. The van der Waals surface area contributed by atoms with Crippen molar-refractivity contribution in [1.29, 1.82) is 0 Å². The lowest BCUT2D eigenvalue weighted by molar-refractivity contribution is -0.139. The molecular weight excluding hydrogens is 362 g/mol. The highest BCUT2D eigenvalue weighted by molar-refractivity contribution is 5.76. The molecule has 0 unspecified atom stereocenters. The first-order chi connectivity index (χ1) is 12.2. The van der Waals surface area contributed by atoms with E-state index in [1.807, 2.05) is 0 Å². The highest BCUT2D eigenvalue weighted by atomic mass is 16.4. The number of carbonyl (C=O) groups is 2.